The van der Waals surface area contributed by atoms with Crippen LogP contribution in [0.4, 0.5) is 0 Å². The summed E-state index contributed by atoms with van der Waals surface area (Å²) in [6.07, 6.45) is 23.0. The number of thioether (sulfide) groups is 2. The van der Waals surface area contributed by atoms with Gasteiger partial charge < -0.3 is 171 Å². The molecule has 0 radical (unpaired) electrons. The molecule has 1 aromatic rings. The molecule has 1 aromatic carbocycles. The number of rotatable bonds is 69. The Kier molecular flexibility index (Phi) is 52.4. The smallest absolute Gasteiger partial charge is 0.331 e. The van der Waals surface area contributed by atoms with Crippen molar-refractivity contribution < 1.29 is 199 Å². The van der Waals surface area contributed by atoms with Gasteiger partial charge in [-0.3, -0.25) is 19.2 Å². The van der Waals surface area contributed by atoms with Crippen LogP contribution < -0.4 is 9.47 Å². The Bertz CT molecular complexity index is 3440. The van der Waals surface area contributed by atoms with Gasteiger partial charge in [0.15, 0.2) is 0 Å². The summed E-state index contributed by atoms with van der Waals surface area (Å²) in [7, 11) is 0. The summed E-state index contributed by atoms with van der Waals surface area (Å²) in [5.74, 6) is 5.26. The summed E-state index contributed by atoms with van der Waals surface area (Å²) in [5.41, 5.74) is 0. The number of unbranched alkanes of at least 4 members (excludes halogenated alkanes) is 3. The van der Waals surface area contributed by atoms with Crippen molar-refractivity contribution in [3.05, 3.63) is 36.4 Å². The van der Waals surface area contributed by atoms with Crippen LogP contribution in [0, 0.1) is 11.8 Å². The molecule has 21 heterocycles. The summed E-state index contributed by atoms with van der Waals surface area (Å²) in [6.45, 7) is 29.4. The van der Waals surface area contributed by atoms with E-state index in [1.54, 1.807) is 0 Å². The number of fused-ring (bicyclic) bond motifs is 1. The maximum atomic E-state index is 11.2. The monoisotopic (exact) mass is 2080 g/mol. The number of esters is 6. The van der Waals surface area contributed by atoms with Crippen LogP contribution in [-0.2, 0) is 190 Å². The molecule has 22 fully saturated rings. The molecular weight excluding hydrogens is 1930 g/mol. The Morgan fingerprint density at radius 3 is 0.881 bits per heavy atom. The van der Waals surface area contributed by atoms with Gasteiger partial charge in [-0.2, -0.15) is 23.5 Å². The highest BCUT2D eigenvalue weighted by molar-refractivity contribution is 8.03. The third-order valence-electron chi connectivity index (χ3n) is 23.4. The van der Waals surface area contributed by atoms with Gasteiger partial charge in [0.1, 0.15) is 156 Å². The van der Waals surface area contributed by atoms with Crippen LogP contribution in [0.25, 0.3) is 0 Å². The van der Waals surface area contributed by atoms with E-state index in [2.05, 4.69) is 0 Å². The molecule has 1 aliphatic carbocycles. The number of hydrogen-bond acceptors (Lipinski definition) is 44. The minimum absolute atomic E-state index is 0.0244. The van der Waals surface area contributed by atoms with Gasteiger partial charge in [0.25, 0.3) is 0 Å². The number of hydrogen-bond donors (Lipinski definition) is 0. The van der Waals surface area contributed by atoms with Gasteiger partial charge in [0.05, 0.1) is 267 Å². The highest BCUT2D eigenvalue weighted by atomic mass is 32.2. The summed E-state index contributed by atoms with van der Waals surface area (Å²) in [5, 5.41) is 0. The van der Waals surface area contributed by atoms with E-state index in [0.717, 1.165) is 161 Å². The van der Waals surface area contributed by atoms with E-state index in [-0.39, 0.29) is 106 Å². The van der Waals surface area contributed by atoms with Gasteiger partial charge in [0.2, 0.25) is 0 Å². The Balaban J connectivity index is 0.000000127. The number of ether oxygens (including phenoxy) is 36. The van der Waals surface area contributed by atoms with Crippen LogP contribution >= 0.6 is 23.5 Å². The minimum atomic E-state index is -0.574. The third kappa shape index (κ3) is 65.6. The zero-order valence-corrected chi connectivity index (χ0v) is 84.0. The molecular formula is C99H152O42S2. The fourth-order valence-corrected chi connectivity index (χ4v) is 14.9. The maximum Gasteiger partial charge on any atom is 0.331 e. The fraction of sp³-hybridized carbons (Fsp3) is 0.859. The number of benzene rings is 1. The van der Waals surface area contributed by atoms with Gasteiger partial charge in [-0.15, -0.1) is 0 Å². The summed E-state index contributed by atoms with van der Waals surface area (Å²) in [6, 6.07) is 7.66. The largest absolute Gasteiger partial charge is 0.491 e. The minimum Gasteiger partial charge on any atom is -0.491 e. The Labute approximate surface area is 845 Å². The van der Waals surface area contributed by atoms with Gasteiger partial charge in [0, 0.05) is 73.2 Å². The zero-order chi connectivity index (χ0) is 98.7. The fourth-order valence-electron chi connectivity index (χ4n) is 12.7. The topological polar surface area (TPSA) is 504 Å². The van der Waals surface area contributed by atoms with E-state index in [9.17, 15) is 28.8 Å². The molecule has 23 unspecified atom stereocenters. The van der Waals surface area contributed by atoms with Gasteiger partial charge >= 0.3 is 35.8 Å². The van der Waals surface area contributed by atoms with Crippen molar-refractivity contribution in [2.24, 2.45) is 11.8 Å². The van der Waals surface area contributed by atoms with Crippen molar-refractivity contribution in [2.45, 2.75) is 231 Å². The molecule has 812 valence electrons. The first kappa shape index (κ1) is 114. The average molecular weight is 2080 g/mol. The molecule has 143 heavy (non-hydrogen) atoms. The lowest BCUT2D eigenvalue weighted by Gasteiger charge is -2.17. The Morgan fingerprint density at radius 2 is 0.573 bits per heavy atom. The second kappa shape index (κ2) is 65.9. The number of carbonyl (C=O) groups excluding carboxylic acids is 6. The molecule has 21 aliphatic heterocycles. The first-order valence-corrected chi connectivity index (χ1v) is 53.7. The highest BCUT2D eigenvalue weighted by Gasteiger charge is 2.48. The molecule has 0 bridgehead atoms. The molecule has 44 heteroatoms. The van der Waals surface area contributed by atoms with Crippen molar-refractivity contribution in [2.75, 3.05) is 301 Å². The van der Waals surface area contributed by atoms with E-state index < -0.39 is 23.9 Å². The lowest BCUT2D eigenvalue weighted by Crippen LogP contribution is -2.24. The van der Waals surface area contributed by atoms with Crippen LogP contribution in [0.1, 0.15) is 96.3 Å². The molecule has 23 atom stereocenters. The van der Waals surface area contributed by atoms with Crippen molar-refractivity contribution >= 4 is 59.3 Å². The standard InChI is InChI=1S/C13H22O6.C12H18O6.C12H14O4.C10H14O6.C10H12O6.C10H18O4.C8H14O4.C8H14O2S2.C8H12O2.C8H14O2/c1(14-4-11-7-17-11)10(2-15-5-12-8-18-12)3-16-6-13-9-19-13;13-11(17-7-9-5-15-9)3-1-2-4-12(14)18-8-10-6-16-10;1-2-9(13-5-11-7-15-11)4-10(3-1)14-6-12-8-16-12;2*11-9(15-5-7-3-13-7)1-2-10(12)16-6-8-4-14-8;1(3-11-5-9-7-13-9)2-4-12-6-10-8-14-10;1(9-3-7-5-11-7)2-10-4-8-6-12-8;1(11-5-7-3-9-7)2-12-6-8-4-10-8;1-2-6-7(10-6)3-5(1)8-4-9-8;1(3-7-5-9-7)2-4-8-6-10-8/h10-13H,1-9H2;9-10H,1-8H2;1-4,11-12H,5-8H2;7-8H,1-6H2;1-2,7-8H,3-6H2;9-10H,1-8H2;2*7-8H,1-6H2;5-8H,1-4H2;7-8H,1-6H2/b;;;;2-1+;;;;;. The van der Waals surface area contributed by atoms with Crippen LogP contribution in [0.2, 0.25) is 0 Å². The predicted molar refractivity (Wildman–Crippen MR) is 502 cm³/mol. The molecule has 0 amide bonds. The summed E-state index contributed by atoms with van der Waals surface area (Å²) < 4.78 is 184. The van der Waals surface area contributed by atoms with E-state index in [0.29, 0.717) is 243 Å². The lowest BCUT2D eigenvalue weighted by molar-refractivity contribution is -0.150. The van der Waals surface area contributed by atoms with Crippen LogP contribution in [0.3, 0.4) is 0 Å². The maximum absolute atomic E-state index is 11.2. The van der Waals surface area contributed by atoms with E-state index in [1.807, 2.05) is 47.8 Å². The first-order chi connectivity index (χ1) is 70.2. The van der Waals surface area contributed by atoms with Crippen molar-refractivity contribution in [1.29, 1.82) is 0 Å². The summed E-state index contributed by atoms with van der Waals surface area (Å²) >= 11 is 4.02. The normalized spacial score (nSPS) is 31.1. The molecule has 22 aliphatic rings. The van der Waals surface area contributed by atoms with Gasteiger partial charge in [-0.05, 0) is 75.8 Å². The predicted octanol–water partition coefficient (Wildman–Crippen LogP) is 4.56. The van der Waals surface area contributed by atoms with E-state index in [4.69, 9.17) is 171 Å². The summed E-state index contributed by atoms with van der Waals surface area (Å²) in [4.78, 5) is 66.8. The van der Waals surface area contributed by atoms with Crippen LogP contribution in [-0.4, -0.2) is 471 Å². The van der Waals surface area contributed by atoms with Crippen LogP contribution in [0.5, 0.6) is 11.5 Å². The van der Waals surface area contributed by atoms with Gasteiger partial charge in [-0.1, -0.05) is 18.9 Å². The first-order valence-electron chi connectivity index (χ1n) is 51.4. The van der Waals surface area contributed by atoms with Crippen LogP contribution in [0.15, 0.2) is 36.4 Å². The average Bonchev–Trinajstić information content (AvgIpc) is 1.63. The number of epoxide rings is 21. The van der Waals surface area contributed by atoms with Gasteiger partial charge in [-0.25, -0.2) is 9.59 Å². The van der Waals surface area contributed by atoms with Crippen molar-refractivity contribution in [3.8, 4) is 11.5 Å². The number of carbonyl (C=O) groups is 6. The molecule has 1 saturated carbocycles. The molecule has 0 spiro atoms. The molecule has 23 rings (SSSR count). The Hall–Kier alpha value is -5.04. The molecule has 0 aromatic heterocycles. The zero-order valence-electron chi connectivity index (χ0n) is 82.4. The van der Waals surface area contributed by atoms with Crippen molar-refractivity contribution in [3.63, 3.8) is 0 Å². The van der Waals surface area contributed by atoms with E-state index >= 15 is 0 Å². The van der Waals surface area contributed by atoms with E-state index in [1.165, 1.54) is 68.0 Å². The highest BCUT2D eigenvalue weighted by Crippen LogP contribution is 2.43. The Morgan fingerprint density at radius 1 is 0.287 bits per heavy atom. The molecule has 0 N–H and O–H groups in total. The third-order valence-corrected chi connectivity index (χ3v) is 25.8. The second-order valence-corrected chi connectivity index (χ2v) is 40.2. The SMILES string of the molecule is C(CCC1CO1)CC1CO1.C(CCOCC1CO1)COCC1CO1.C(COCC1CO1)OCC1CO1.C(CSCC1CO1)SCC1CO1.C(OCC1CO1)C(COCC1CO1)COCC1CO1.C1CC2OC2CC1C1CO1.O=C(/C=C/C(=O)OCC1CO1)OCC1CO1.O=C(CCC(=O)OCC1CO1)OCC1CO1.O=C(CCCCC(=O)OCC1CO1)OCC1CO1.c1cc(OCC2CO2)cc(OCC2CO2)c1. The quantitative estimate of drug-likeness (QED) is 0.0283. The van der Waals surface area contributed by atoms with Crippen molar-refractivity contribution in [1.82, 2.24) is 0 Å². The molecule has 42 nitrogen and oxygen atoms in total. The lowest BCUT2D eigenvalue weighted by atomic mass is 9.87. The second-order valence-electron chi connectivity index (χ2n) is 37.9. The molecule has 21 saturated heterocycles.